The summed E-state index contributed by atoms with van der Waals surface area (Å²) in [5, 5.41) is 14.8. The number of nitrogens with one attached hydrogen (secondary N) is 1. The molecule has 6 heteroatoms. The lowest BCUT2D eigenvalue weighted by molar-refractivity contribution is -0.127. The van der Waals surface area contributed by atoms with Crippen LogP contribution in [0, 0.1) is 5.41 Å². The van der Waals surface area contributed by atoms with E-state index in [1.165, 1.54) is 0 Å². The van der Waals surface area contributed by atoms with Gasteiger partial charge >= 0.3 is 0 Å². The Morgan fingerprint density at radius 2 is 2.05 bits per heavy atom. The van der Waals surface area contributed by atoms with Crippen molar-refractivity contribution in [1.29, 1.82) is 0 Å². The van der Waals surface area contributed by atoms with Crippen LogP contribution in [0.25, 0.3) is 0 Å². The van der Waals surface area contributed by atoms with Gasteiger partial charge in [0.05, 0.1) is 0 Å². The molecule has 4 N–H and O–H groups in total. The molecule has 0 aliphatic heterocycles. The van der Waals surface area contributed by atoms with Gasteiger partial charge in [0.25, 0.3) is 0 Å². The molecule has 0 bridgehead atoms. The Labute approximate surface area is 115 Å². The number of amidine groups is 1. The molecule has 19 heavy (non-hydrogen) atoms. The number of rotatable bonds is 6. The Bertz CT molecular complexity index is 336. The second kappa shape index (κ2) is 6.75. The molecule has 1 fully saturated rings. The van der Waals surface area contributed by atoms with Gasteiger partial charge in [0.15, 0.2) is 5.84 Å². The van der Waals surface area contributed by atoms with Gasteiger partial charge < -0.3 is 21.2 Å². The summed E-state index contributed by atoms with van der Waals surface area (Å²) in [5.74, 6) is -0.0721. The van der Waals surface area contributed by atoms with Gasteiger partial charge in [-0.15, -0.1) is 0 Å². The monoisotopic (exact) mass is 270 g/mol. The van der Waals surface area contributed by atoms with E-state index >= 15 is 0 Å². The average Bonchev–Trinajstić information content (AvgIpc) is 2.87. The first-order valence-corrected chi connectivity index (χ1v) is 6.90. The number of likely N-dealkylation sites (N-methyl/N-ethyl adjacent to an activating group) is 1. The predicted octanol–water partition coefficient (Wildman–Crippen LogP) is 0.750. The molecule has 0 radical (unpaired) electrons. The van der Waals surface area contributed by atoms with Crippen molar-refractivity contribution in [2.45, 2.75) is 45.6 Å². The number of amides is 1. The van der Waals surface area contributed by atoms with Gasteiger partial charge in [-0.05, 0) is 33.7 Å². The molecule has 110 valence electrons. The fraction of sp³-hybridized carbons (Fsp3) is 0.846. The third-order valence-electron chi connectivity index (χ3n) is 4.12. The van der Waals surface area contributed by atoms with Crippen LogP contribution in [0.2, 0.25) is 0 Å². The number of hydrogen-bond acceptors (Lipinski definition) is 4. The molecule has 1 amide bonds. The highest BCUT2D eigenvalue weighted by atomic mass is 16.4. The molecule has 0 aromatic heterocycles. The van der Waals surface area contributed by atoms with Crippen molar-refractivity contribution in [2.24, 2.45) is 16.3 Å². The van der Waals surface area contributed by atoms with E-state index in [2.05, 4.69) is 29.2 Å². The molecule has 1 rings (SSSR count). The predicted molar refractivity (Wildman–Crippen MR) is 75.1 cm³/mol. The zero-order chi connectivity index (χ0) is 14.5. The molecule has 0 aromatic rings. The summed E-state index contributed by atoms with van der Waals surface area (Å²) in [6, 6.07) is 0.446. The molecule has 0 saturated heterocycles. The van der Waals surface area contributed by atoms with Gasteiger partial charge in [-0.25, -0.2) is 0 Å². The largest absolute Gasteiger partial charge is 0.409 e. The van der Waals surface area contributed by atoms with Crippen LogP contribution in [0.3, 0.4) is 0 Å². The maximum Gasteiger partial charge on any atom is 0.233 e. The molecule has 0 atom stereocenters. The lowest BCUT2D eigenvalue weighted by Crippen LogP contribution is -2.49. The Morgan fingerprint density at radius 3 is 2.53 bits per heavy atom. The van der Waals surface area contributed by atoms with Crippen molar-refractivity contribution in [2.75, 3.05) is 20.1 Å². The summed E-state index contributed by atoms with van der Waals surface area (Å²) >= 11 is 0. The van der Waals surface area contributed by atoms with Gasteiger partial charge in [0.2, 0.25) is 5.91 Å². The highest BCUT2D eigenvalue weighted by Gasteiger charge is 2.45. The maximum absolute atomic E-state index is 12.3. The lowest BCUT2D eigenvalue weighted by atomic mass is 9.84. The molecule has 1 aliphatic rings. The van der Waals surface area contributed by atoms with E-state index in [-0.39, 0.29) is 11.7 Å². The van der Waals surface area contributed by atoms with Gasteiger partial charge in [0.1, 0.15) is 5.41 Å². The average molecular weight is 270 g/mol. The zero-order valence-electron chi connectivity index (χ0n) is 12.1. The van der Waals surface area contributed by atoms with E-state index in [0.717, 1.165) is 19.4 Å². The molecular formula is C13H26N4O2. The van der Waals surface area contributed by atoms with Crippen LogP contribution in [-0.4, -0.2) is 48.0 Å². The lowest BCUT2D eigenvalue weighted by Gasteiger charge is -2.27. The third-order valence-corrected chi connectivity index (χ3v) is 4.12. The third kappa shape index (κ3) is 3.59. The van der Waals surface area contributed by atoms with Crippen LogP contribution in [-0.2, 0) is 4.79 Å². The second-order valence-electron chi connectivity index (χ2n) is 5.60. The van der Waals surface area contributed by atoms with Crippen LogP contribution in [0.15, 0.2) is 5.16 Å². The Hall–Kier alpha value is -1.30. The van der Waals surface area contributed by atoms with E-state index in [4.69, 9.17) is 10.9 Å². The summed E-state index contributed by atoms with van der Waals surface area (Å²) < 4.78 is 0. The summed E-state index contributed by atoms with van der Waals surface area (Å²) in [7, 11) is 2.02. The van der Waals surface area contributed by atoms with Crippen molar-refractivity contribution in [3.63, 3.8) is 0 Å². The highest BCUT2D eigenvalue weighted by molar-refractivity contribution is 6.07. The Morgan fingerprint density at radius 1 is 1.47 bits per heavy atom. The van der Waals surface area contributed by atoms with Crippen molar-refractivity contribution in [1.82, 2.24) is 10.2 Å². The SMILES string of the molecule is CC(C)N(C)CCNC(=O)C1(C(N)=NO)CCCC1. The molecule has 0 aromatic carbocycles. The first-order valence-electron chi connectivity index (χ1n) is 6.90. The number of nitrogens with two attached hydrogens (primary N) is 1. The fourth-order valence-corrected chi connectivity index (χ4v) is 2.45. The number of nitrogens with zero attached hydrogens (tertiary/aromatic N) is 2. The van der Waals surface area contributed by atoms with E-state index < -0.39 is 5.41 Å². The van der Waals surface area contributed by atoms with E-state index in [9.17, 15) is 4.79 Å². The molecule has 0 unspecified atom stereocenters. The maximum atomic E-state index is 12.3. The molecule has 1 aliphatic carbocycles. The van der Waals surface area contributed by atoms with E-state index in [1.807, 2.05) is 7.05 Å². The quantitative estimate of drug-likeness (QED) is 0.287. The smallest absolute Gasteiger partial charge is 0.233 e. The Kier molecular flexibility index (Phi) is 5.60. The number of oxime groups is 1. The summed E-state index contributed by atoms with van der Waals surface area (Å²) in [6.45, 7) is 5.58. The topological polar surface area (TPSA) is 91.0 Å². The first kappa shape index (κ1) is 15.8. The molecular weight excluding hydrogens is 244 g/mol. The van der Waals surface area contributed by atoms with Crippen LogP contribution in [0.1, 0.15) is 39.5 Å². The van der Waals surface area contributed by atoms with Crippen molar-refractivity contribution in [3.8, 4) is 0 Å². The van der Waals surface area contributed by atoms with Gasteiger partial charge in [-0.1, -0.05) is 18.0 Å². The van der Waals surface area contributed by atoms with Crippen molar-refractivity contribution < 1.29 is 10.0 Å². The molecule has 0 spiro atoms. The zero-order valence-corrected chi connectivity index (χ0v) is 12.1. The highest BCUT2D eigenvalue weighted by Crippen LogP contribution is 2.38. The van der Waals surface area contributed by atoms with E-state index in [1.54, 1.807) is 0 Å². The number of carbonyl (C=O) groups excluding carboxylic acids is 1. The minimum Gasteiger partial charge on any atom is -0.409 e. The van der Waals surface area contributed by atoms with Crippen molar-refractivity contribution >= 4 is 11.7 Å². The number of carbonyl (C=O) groups is 1. The van der Waals surface area contributed by atoms with Gasteiger partial charge in [0, 0.05) is 19.1 Å². The van der Waals surface area contributed by atoms with Crippen LogP contribution >= 0.6 is 0 Å². The Balaban J connectivity index is 2.55. The van der Waals surface area contributed by atoms with Gasteiger partial charge in [-0.2, -0.15) is 0 Å². The van der Waals surface area contributed by atoms with Crippen LogP contribution in [0.4, 0.5) is 0 Å². The summed E-state index contributed by atoms with van der Waals surface area (Å²) in [4.78, 5) is 14.5. The standard InChI is InChI=1S/C13H26N4O2/c1-10(2)17(3)9-8-15-12(18)13(11(14)16-19)6-4-5-7-13/h10,19H,4-9H2,1-3H3,(H2,14,16)(H,15,18). The molecule has 6 nitrogen and oxygen atoms in total. The minimum atomic E-state index is -0.800. The second-order valence-corrected chi connectivity index (χ2v) is 5.60. The summed E-state index contributed by atoms with van der Waals surface area (Å²) in [5.41, 5.74) is 4.92. The van der Waals surface area contributed by atoms with Crippen LogP contribution in [0.5, 0.6) is 0 Å². The van der Waals surface area contributed by atoms with Gasteiger partial charge in [-0.3, -0.25) is 4.79 Å². The fourth-order valence-electron chi connectivity index (χ4n) is 2.45. The minimum absolute atomic E-state index is 0.0414. The normalized spacial score (nSPS) is 19.1. The first-order chi connectivity index (χ1) is 8.94. The van der Waals surface area contributed by atoms with Crippen LogP contribution < -0.4 is 11.1 Å². The number of hydrogen-bond donors (Lipinski definition) is 3. The molecule has 1 saturated carbocycles. The summed E-state index contributed by atoms with van der Waals surface area (Å²) in [6.07, 6.45) is 3.20. The van der Waals surface area contributed by atoms with Crippen molar-refractivity contribution in [3.05, 3.63) is 0 Å². The van der Waals surface area contributed by atoms with E-state index in [0.29, 0.717) is 25.4 Å². The molecule has 0 heterocycles.